The molecule has 0 radical (unpaired) electrons. The minimum absolute atomic E-state index is 1.23. The highest BCUT2D eigenvalue weighted by Gasteiger charge is 2.16. The Hall–Kier alpha value is -4.68. The summed E-state index contributed by atoms with van der Waals surface area (Å²) in [6, 6.07) is 52.8. The van der Waals surface area contributed by atoms with E-state index in [1.165, 1.54) is 65.7 Å². The topological polar surface area (TPSA) is 0 Å². The fourth-order valence-electron chi connectivity index (χ4n) is 5.58. The molecule has 38 heavy (non-hydrogen) atoms. The predicted octanol–water partition coefficient (Wildman–Crippen LogP) is 11.2. The summed E-state index contributed by atoms with van der Waals surface area (Å²) in [5.74, 6) is 0. The molecule has 7 aromatic carbocycles. The normalized spacial score (nSPS) is 10.9. The summed E-state index contributed by atoms with van der Waals surface area (Å²) in [6.07, 6.45) is 0. The number of rotatable bonds is 3. The SMILES string of the molecule is CC.c1ccc(-c2c3ccccc3c(-c3cccc(-c4ccc5ccccc5c4)c3)c3ccccc23)cc1. The molecule has 0 nitrogen and oxygen atoms in total. The van der Waals surface area contributed by atoms with Gasteiger partial charge in [0.1, 0.15) is 0 Å². The van der Waals surface area contributed by atoms with Crippen LogP contribution in [0.3, 0.4) is 0 Å². The third-order valence-corrected chi connectivity index (χ3v) is 7.23. The maximum atomic E-state index is 2.35. The standard InChI is InChI=1S/C36H24.C2H6/c1-2-12-26(13-3-1)35-31-17-6-8-19-33(31)36(34-20-9-7-18-32(34)35)30-16-10-15-28(24-30)29-22-21-25-11-4-5-14-27(25)23-29;1-2/h1-24H;1-2H3. The van der Waals surface area contributed by atoms with Gasteiger partial charge in [0, 0.05) is 0 Å². The van der Waals surface area contributed by atoms with Crippen molar-refractivity contribution in [2.24, 2.45) is 0 Å². The van der Waals surface area contributed by atoms with Crippen LogP contribution in [-0.4, -0.2) is 0 Å². The molecular weight excluding hydrogens is 456 g/mol. The maximum absolute atomic E-state index is 2.35. The largest absolute Gasteiger partial charge is 0.0683 e. The van der Waals surface area contributed by atoms with E-state index in [1.54, 1.807) is 0 Å². The molecule has 0 unspecified atom stereocenters. The van der Waals surface area contributed by atoms with Crippen molar-refractivity contribution in [2.45, 2.75) is 13.8 Å². The summed E-state index contributed by atoms with van der Waals surface area (Å²) in [5.41, 5.74) is 7.57. The van der Waals surface area contributed by atoms with Crippen LogP contribution in [0.1, 0.15) is 13.8 Å². The van der Waals surface area contributed by atoms with Gasteiger partial charge in [0.2, 0.25) is 0 Å². The molecule has 0 atom stereocenters. The second kappa shape index (κ2) is 10.4. The van der Waals surface area contributed by atoms with Crippen molar-refractivity contribution in [2.75, 3.05) is 0 Å². The Morgan fingerprint density at radius 1 is 0.289 bits per heavy atom. The average Bonchev–Trinajstić information content (AvgIpc) is 3.01. The molecule has 0 spiro atoms. The Balaban J connectivity index is 0.00000129. The Morgan fingerprint density at radius 2 is 0.737 bits per heavy atom. The second-order valence-corrected chi connectivity index (χ2v) is 9.35. The lowest BCUT2D eigenvalue weighted by Gasteiger charge is -2.18. The predicted molar refractivity (Wildman–Crippen MR) is 167 cm³/mol. The van der Waals surface area contributed by atoms with Gasteiger partial charge in [0.25, 0.3) is 0 Å². The highest BCUT2D eigenvalue weighted by molar-refractivity contribution is 6.21. The van der Waals surface area contributed by atoms with E-state index in [4.69, 9.17) is 0 Å². The third-order valence-electron chi connectivity index (χ3n) is 7.23. The van der Waals surface area contributed by atoms with Crippen LogP contribution in [0.25, 0.3) is 65.7 Å². The minimum Gasteiger partial charge on any atom is -0.0683 e. The van der Waals surface area contributed by atoms with Crippen LogP contribution in [0, 0.1) is 0 Å². The van der Waals surface area contributed by atoms with E-state index in [9.17, 15) is 0 Å². The third kappa shape index (κ3) is 4.15. The van der Waals surface area contributed by atoms with Gasteiger partial charge in [0.05, 0.1) is 0 Å². The monoisotopic (exact) mass is 486 g/mol. The van der Waals surface area contributed by atoms with Gasteiger partial charge in [0.15, 0.2) is 0 Å². The zero-order valence-corrected chi connectivity index (χ0v) is 21.9. The molecule has 0 aromatic heterocycles. The fraction of sp³-hybridized carbons (Fsp3) is 0.0526. The minimum atomic E-state index is 1.23. The average molecular weight is 487 g/mol. The van der Waals surface area contributed by atoms with Crippen LogP contribution in [0.2, 0.25) is 0 Å². The van der Waals surface area contributed by atoms with E-state index in [2.05, 4.69) is 146 Å². The Morgan fingerprint density at radius 3 is 1.37 bits per heavy atom. The van der Waals surface area contributed by atoms with Gasteiger partial charge in [-0.15, -0.1) is 0 Å². The van der Waals surface area contributed by atoms with Crippen molar-refractivity contribution in [1.29, 1.82) is 0 Å². The van der Waals surface area contributed by atoms with Crippen molar-refractivity contribution in [1.82, 2.24) is 0 Å². The van der Waals surface area contributed by atoms with Crippen molar-refractivity contribution in [3.8, 4) is 33.4 Å². The summed E-state index contributed by atoms with van der Waals surface area (Å²) < 4.78 is 0. The number of hydrogen-bond acceptors (Lipinski definition) is 0. The molecule has 0 amide bonds. The molecule has 0 aliphatic rings. The first-order chi connectivity index (χ1) is 18.9. The van der Waals surface area contributed by atoms with Crippen LogP contribution in [0.4, 0.5) is 0 Å². The van der Waals surface area contributed by atoms with Gasteiger partial charge < -0.3 is 0 Å². The molecule has 7 aromatic rings. The molecule has 0 N–H and O–H groups in total. The molecule has 0 saturated carbocycles. The first-order valence-corrected chi connectivity index (χ1v) is 13.5. The smallest absolute Gasteiger partial charge is 0.00262 e. The van der Waals surface area contributed by atoms with Gasteiger partial charge in [-0.2, -0.15) is 0 Å². The Kier molecular flexibility index (Phi) is 6.46. The highest BCUT2D eigenvalue weighted by atomic mass is 14.2. The van der Waals surface area contributed by atoms with Crippen molar-refractivity contribution < 1.29 is 0 Å². The first-order valence-electron chi connectivity index (χ1n) is 13.5. The van der Waals surface area contributed by atoms with Crippen LogP contribution in [-0.2, 0) is 0 Å². The van der Waals surface area contributed by atoms with Crippen molar-refractivity contribution >= 4 is 32.3 Å². The quantitative estimate of drug-likeness (QED) is 0.218. The molecule has 182 valence electrons. The van der Waals surface area contributed by atoms with E-state index in [-0.39, 0.29) is 0 Å². The van der Waals surface area contributed by atoms with Gasteiger partial charge in [-0.25, -0.2) is 0 Å². The maximum Gasteiger partial charge on any atom is -0.00262 e. The van der Waals surface area contributed by atoms with E-state index in [1.807, 2.05) is 13.8 Å². The summed E-state index contributed by atoms with van der Waals surface area (Å²) in [7, 11) is 0. The lowest BCUT2D eigenvalue weighted by molar-refractivity contribution is 1.50. The van der Waals surface area contributed by atoms with Crippen LogP contribution in [0.15, 0.2) is 146 Å². The zero-order valence-electron chi connectivity index (χ0n) is 21.9. The Labute approximate surface area is 224 Å². The van der Waals surface area contributed by atoms with Crippen LogP contribution < -0.4 is 0 Å². The summed E-state index contributed by atoms with van der Waals surface area (Å²) >= 11 is 0. The zero-order chi connectivity index (χ0) is 25.9. The molecule has 0 saturated heterocycles. The number of benzene rings is 7. The molecule has 0 heteroatoms. The van der Waals surface area contributed by atoms with Gasteiger partial charge in [-0.3, -0.25) is 0 Å². The van der Waals surface area contributed by atoms with Gasteiger partial charge >= 0.3 is 0 Å². The number of fused-ring (bicyclic) bond motifs is 3. The second-order valence-electron chi connectivity index (χ2n) is 9.35. The van der Waals surface area contributed by atoms with E-state index >= 15 is 0 Å². The lowest BCUT2D eigenvalue weighted by atomic mass is 9.85. The number of hydrogen-bond donors (Lipinski definition) is 0. The summed E-state index contributed by atoms with van der Waals surface area (Å²) in [5, 5.41) is 7.67. The molecule has 0 aliphatic carbocycles. The van der Waals surface area contributed by atoms with Crippen molar-refractivity contribution in [3.05, 3.63) is 146 Å². The van der Waals surface area contributed by atoms with Crippen LogP contribution >= 0.6 is 0 Å². The van der Waals surface area contributed by atoms with Gasteiger partial charge in [-0.1, -0.05) is 147 Å². The molecular formula is C38H30. The summed E-state index contributed by atoms with van der Waals surface area (Å²) in [4.78, 5) is 0. The van der Waals surface area contributed by atoms with E-state index < -0.39 is 0 Å². The molecule has 0 bridgehead atoms. The first kappa shape index (κ1) is 23.7. The Bertz CT molecular complexity index is 1820. The fourth-order valence-corrected chi connectivity index (χ4v) is 5.58. The lowest BCUT2D eigenvalue weighted by Crippen LogP contribution is -1.91. The molecule has 0 aliphatic heterocycles. The van der Waals surface area contributed by atoms with Gasteiger partial charge in [-0.05, 0) is 77.8 Å². The van der Waals surface area contributed by atoms with Crippen molar-refractivity contribution in [3.63, 3.8) is 0 Å². The molecule has 0 heterocycles. The van der Waals surface area contributed by atoms with Crippen LogP contribution in [0.5, 0.6) is 0 Å². The molecule has 0 fully saturated rings. The van der Waals surface area contributed by atoms with E-state index in [0.717, 1.165) is 0 Å². The highest BCUT2D eigenvalue weighted by Crippen LogP contribution is 2.44. The van der Waals surface area contributed by atoms with E-state index in [0.29, 0.717) is 0 Å². The summed E-state index contributed by atoms with van der Waals surface area (Å²) in [6.45, 7) is 4.00. The molecule has 7 rings (SSSR count).